The van der Waals surface area contributed by atoms with E-state index < -0.39 is 0 Å². The Hall–Kier alpha value is -2.41. The van der Waals surface area contributed by atoms with Gasteiger partial charge in [-0.3, -0.25) is 9.89 Å². The van der Waals surface area contributed by atoms with Gasteiger partial charge in [0.25, 0.3) is 0 Å². The summed E-state index contributed by atoms with van der Waals surface area (Å²) in [5, 5.41) is 15.9. The Morgan fingerprint density at radius 1 is 1.43 bits per heavy atom. The van der Waals surface area contributed by atoms with E-state index in [0.29, 0.717) is 19.4 Å². The van der Waals surface area contributed by atoms with E-state index in [4.69, 9.17) is 4.52 Å². The van der Waals surface area contributed by atoms with Gasteiger partial charge in [0.1, 0.15) is 5.69 Å². The van der Waals surface area contributed by atoms with Gasteiger partial charge >= 0.3 is 0 Å². The molecule has 0 radical (unpaired) electrons. The van der Waals surface area contributed by atoms with Crippen molar-refractivity contribution in [3.05, 3.63) is 46.2 Å². The summed E-state index contributed by atoms with van der Waals surface area (Å²) in [5.41, 5.74) is 3.80. The smallest absolute Gasteiger partial charge is 0.220 e. The van der Waals surface area contributed by atoms with Crippen LogP contribution < -0.4 is 5.32 Å². The molecular formula is C16H18N4O2S. The molecule has 0 aliphatic carbocycles. The highest BCUT2D eigenvalue weighted by molar-refractivity contribution is 7.13. The SMILES string of the molecule is Cc1n[nH]c(C)c1CCC(=O)NCc1cc(-c2cccs2)on1. The van der Waals surface area contributed by atoms with Gasteiger partial charge in [0.15, 0.2) is 5.76 Å². The number of aromatic nitrogens is 3. The zero-order valence-electron chi connectivity index (χ0n) is 13.0. The van der Waals surface area contributed by atoms with Crippen LogP contribution in [-0.2, 0) is 17.8 Å². The molecule has 3 aromatic rings. The van der Waals surface area contributed by atoms with Gasteiger partial charge in [-0.2, -0.15) is 5.10 Å². The molecule has 3 rings (SSSR count). The molecule has 0 aliphatic rings. The zero-order valence-corrected chi connectivity index (χ0v) is 13.9. The quantitative estimate of drug-likeness (QED) is 0.728. The molecule has 0 unspecified atom stereocenters. The fourth-order valence-corrected chi connectivity index (χ4v) is 3.06. The van der Waals surface area contributed by atoms with E-state index in [0.717, 1.165) is 33.3 Å². The first-order valence-electron chi connectivity index (χ1n) is 7.40. The van der Waals surface area contributed by atoms with Gasteiger partial charge in [-0.05, 0) is 37.3 Å². The van der Waals surface area contributed by atoms with E-state index in [-0.39, 0.29) is 5.91 Å². The Balaban J connectivity index is 1.49. The van der Waals surface area contributed by atoms with Gasteiger partial charge < -0.3 is 9.84 Å². The summed E-state index contributed by atoms with van der Waals surface area (Å²) in [6.07, 6.45) is 1.11. The van der Waals surface area contributed by atoms with Crippen molar-refractivity contribution in [2.24, 2.45) is 0 Å². The zero-order chi connectivity index (χ0) is 16.2. The number of thiophene rings is 1. The molecule has 0 saturated carbocycles. The number of nitrogens with zero attached hydrogens (tertiary/aromatic N) is 2. The van der Waals surface area contributed by atoms with E-state index in [9.17, 15) is 4.79 Å². The number of rotatable bonds is 6. The number of nitrogens with one attached hydrogen (secondary N) is 2. The Morgan fingerprint density at radius 2 is 2.30 bits per heavy atom. The summed E-state index contributed by atoms with van der Waals surface area (Å²) >= 11 is 1.59. The minimum Gasteiger partial charge on any atom is -0.355 e. The lowest BCUT2D eigenvalue weighted by atomic mass is 10.1. The number of aryl methyl sites for hydroxylation is 2. The highest BCUT2D eigenvalue weighted by Crippen LogP contribution is 2.25. The standard InChI is InChI=1S/C16H18N4O2S/c1-10-13(11(2)19-18-10)5-6-16(21)17-9-12-8-14(22-20-12)15-4-3-7-23-15/h3-4,7-8H,5-6,9H2,1-2H3,(H,17,21)(H,18,19). The molecule has 3 heterocycles. The summed E-state index contributed by atoms with van der Waals surface area (Å²) in [5.74, 6) is 0.722. The third-order valence-corrected chi connectivity index (χ3v) is 4.56. The molecule has 7 heteroatoms. The molecule has 0 spiro atoms. The third-order valence-electron chi connectivity index (χ3n) is 3.67. The van der Waals surface area contributed by atoms with Crippen LogP contribution in [0, 0.1) is 13.8 Å². The van der Waals surface area contributed by atoms with Gasteiger partial charge in [-0.1, -0.05) is 11.2 Å². The second kappa shape index (κ2) is 6.78. The highest BCUT2D eigenvalue weighted by atomic mass is 32.1. The summed E-state index contributed by atoms with van der Waals surface area (Å²) in [7, 11) is 0. The van der Waals surface area contributed by atoms with E-state index >= 15 is 0 Å². The molecule has 6 nitrogen and oxygen atoms in total. The first-order valence-corrected chi connectivity index (χ1v) is 8.28. The maximum atomic E-state index is 12.0. The average Bonchev–Trinajstić information content (AvgIpc) is 3.25. The van der Waals surface area contributed by atoms with Crippen LogP contribution >= 0.6 is 11.3 Å². The fourth-order valence-electron chi connectivity index (χ4n) is 2.39. The summed E-state index contributed by atoms with van der Waals surface area (Å²) in [6, 6.07) is 5.80. The third kappa shape index (κ3) is 3.68. The van der Waals surface area contributed by atoms with E-state index in [1.807, 2.05) is 37.4 Å². The fraction of sp³-hybridized carbons (Fsp3) is 0.312. The lowest BCUT2D eigenvalue weighted by Crippen LogP contribution is -2.23. The molecule has 120 valence electrons. The Bertz CT molecular complexity index is 769. The molecule has 0 saturated heterocycles. The molecule has 0 bridgehead atoms. The minimum absolute atomic E-state index is 0.00864. The molecule has 0 atom stereocenters. The van der Waals surface area contributed by atoms with Gasteiger partial charge in [0.05, 0.1) is 17.1 Å². The van der Waals surface area contributed by atoms with Gasteiger partial charge in [0.2, 0.25) is 5.91 Å². The van der Waals surface area contributed by atoms with Gasteiger partial charge in [0, 0.05) is 18.2 Å². The van der Waals surface area contributed by atoms with Crippen LogP contribution in [0.5, 0.6) is 0 Å². The lowest BCUT2D eigenvalue weighted by molar-refractivity contribution is -0.121. The number of H-pyrrole nitrogens is 1. The van der Waals surface area contributed by atoms with Crippen molar-refractivity contribution >= 4 is 17.2 Å². The number of carbonyl (C=O) groups excluding carboxylic acids is 1. The summed E-state index contributed by atoms with van der Waals surface area (Å²) in [6.45, 7) is 4.28. The molecule has 2 N–H and O–H groups in total. The number of hydrogen-bond donors (Lipinski definition) is 2. The van der Waals surface area contributed by atoms with Gasteiger partial charge in [-0.25, -0.2) is 0 Å². The first-order chi connectivity index (χ1) is 11.1. The topological polar surface area (TPSA) is 83.8 Å². The van der Waals surface area contributed by atoms with Crippen LogP contribution in [0.3, 0.4) is 0 Å². The van der Waals surface area contributed by atoms with Crippen molar-refractivity contribution in [3.63, 3.8) is 0 Å². The molecule has 0 fully saturated rings. The molecule has 23 heavy (non-hydrogen) atoms. The number of amides is 1. The number of aromatic amines is 1. The van der Waals surface area contributed by atoms with Crippen molar-refractivity contribution in [1.29, 1.82) is 0 Å². The summed E-state index contributed by atoms with van der Waals surface area (Å²) < 4.78 is 5.29. The van der Waals surface area contributed by atoms with E-state index in [1.54, 1.807) is 11.3 Å². The van der Waals surface area contributed by atoms with Gasteiger partial charge in [-0.15, -0.1) is 11.3 Å². The predicted molar refractivity (Wildman–Crippen MR) is 88.0 cm³/mol. The second-order valence-corrected chi connectivity index (χ2v) is 6.30. The molecular weight excluding hydrogens is 312 g/mol. The predicted octanol–water partition coefficient (Wildman–Crippen LogP) is 2.99. The van der Waals surface area contributed by atoms with Crippen molar-refractivity contribution in [2.75, 3.05) is 0 Å². The van der Waals surface area contributed by atoms with Crippen LogP contribution in [0.15, 0.2) is 28.1 Å². The van der Waals surface area contributed by atoms with Crippen LogP contribution in [0.4, 0.5) is 0 Å². The highest BCUT2D eigenvalue weighted by Gasteiger charge is 2.11. The number of hydrogen-bond acceptors (Lipinski definition) is 5. The molecule has 0 aliphatic heterocycles. The Labute approximate surface area is 137 Å². The lowest BCUT2D eigenvalue weighted by Gasteiger charge is -2.03. The number of carbonyl (C=O) groups is 1. The normalized spacial score (nSPS) is 10.9. The maximum absolute atomic E-state index is 12.0. The van der Waals surface area contributed by atoms with Crippen molar-refractivity contribution in [3.8, 4) is 10.6 Å². The minimum atomic E-state index is -0.00864. The van der Waals surface area contributed by atoms with Crippen LogP contribution in [0.1, 0.15) is 29.1 Å². The van der Waals surface area contributed by atoms with Crippen molar-refractivity contribution in [1.82, 2.24) is 20.7 Å². The van der Waals surface area contributed by atoms with Crippen molar-refractivity contribution < 1.29 is 9.32 Å². The second-order valence-electron chi connectivity index (χ2n) is 5.35. The Morgan fingerprint density at radius 3 is 3.00 bits per heavy atom. The van der Waals surface area contributed by atoms with Crippen LogP contribution in [0.2, 0.25) is 0 Å². The van der Waals surface area contributed by atoms with Crippen LogP contribution in [-0.4, -0.2) is 21.3 Å². The largest absolute Gasteiger partial charge is 0.355 e. The first kappa shape index (κ1) is 15.5. The van der Waals surface area contributed by atoms with Crippen molar-refractivity contribution in [2.45, 2.75) is 33.2 Å². The Kier molecular flexibility index (Phi) is 4.57. The van der Waals surface area contributed by atoms with Crippen LogP contribution in [0.25, 0.3) is 10.6 Å². The molecule has 1 amide bonds. The average molecular weight is 330 g/mol. The molecule has 0 aromatic carbocycles. The van der Waals surface area contributed by atoms with E-state index in [1.165, 1.54) is 0 Å². The monoisotopic (exact) mass is 330 g/mol. The van der Waals surface area contributed by atoms with E-state index in [2.05, 4.69) is 20.7 Å². The maximum Gasteiger partial charge on any atom is 0.220 e. The summed E-state index contributed by atoms with van der Waals surface area (Å²) in [4.78, 5) is 13.0. The molecule has 3 aromatic heterocycles.